The molecule has 430 valence electrons. The standard InChI is InChI=1S/C88H62N2S/c1-3-22-82-70(4-2)76-51-49-69(57-83(76)88(82,64-25-8-5-9-26-64)65-27-10-6-11-28-65)89(66-29-12-7-13-30-66)67-46-43-60(44-47-67)62-24-21-37-85-80(54-62)79-53-61(58-39-41-59(42-40-58)63-45-52-87-81(55-63)77-35-18-19-38-86(77)91-87)23-20-36-84(79)90(85)68-48-50-75-73-33-15-14-31-71(73)72-32-16-17-34-74(72)78(75)56-68/h3-35,38-57H,2,36-37H2,1H3/b22-3-. The maximum Gasteiger partial charge on any atom is 0.0714 e. The third-order valence-corrected chi connectivity index (χ3v) is 20.4. The zero-order valence-electron chi connectivity index (χ0n) is 50.5. The minimum atomic E-state index is -0.588. The van der Waals surface area contributed by atoms with Crippen molar-refractivity contribution in [2.24, 2.45) is 0 Å². The van der Waals surface area contributed by atoms with E-state index in [2.05, 4.69) is 338 Å². The molecular formula is C88H62N2S. The molecule has 0 aliphatic heterocycles. The van der Waals surface area contributed by atoms with Gasteiger partial charge in [-0.3, -0.25) is 0 Å². The molecule has 0 bridgehead atoms. The summed E-state index contributed by atoms with van der Waals surface area (Å²) in [5, 5.41) is 10.3. The number of anilines is 3. The number of benzene rings is 12. The summed E-state index contributed by atoms with van der Waals surface area (Å²) in [4.78, 5) is 2.41. The number of para-hydroxylation sites is 1. The molecule has 0 spiro atoms. The van der Waals surface area contributed by atoms with Crippen LogP contribution in [-0.2, 0) is 18.3 Å². The lowest BCUT2D eigenvalue weighted by Gasteiger charge is -2.36. The number of rotatable bonds is 11. The Morgan fingerprint density at radius 2 is 0.923 bits per heavy atom. The van der Waals surface area contributed by atoms with Crippen molar-refractivity contribution in [3.63, 3.8) is 0 Å². The first-order valence-electron chi connectivity index (χ1n) is 31.6. The zero-order chi connectivity index (χ0) is 60.6. The molecule has 0 saturated carbocycles. The van der Waals surface area contributed by atoms with Crippen molar-refractivity contribution >= 4 is 110 Å². The Balaban J connectivity index is 0.796. The Kier molecular flexibility index (Phi) is 13.2. The van der Waals surface area contributed by atoms with Crippen LogP contribution < -0.4 is 4.90 Å². The van der Waals surface area contributed by atoms with E-state index in [0.717, 1.165) is 41.0 Å². The predicted molar refractivity (Wildman–Crippen MR) is 390 cm³/mol. The molecular weight excluding hydrogens is 1120 g/mol. The van der Waals surface area contributed by atoms with Crippen molar-refractivity contribution < 1.29 is 0 Å². The summed E-state index contributed by atoms with van der Waals surface area (Å²) >= 11 is 1.87. The molecule has 3 aliphatic carbocycles. The van der Waals surface area contributed by atoms with Crippen molar-refractivity contribution in [3.05, 3.63) is 377 Å². The number of hydrogen-bond acceptors (Lipinski definition) is 2. The summed E-state index contributed by atoms with van der Waals surface area (Å²) in [7, 11) is 0. The van der Waals surface area contributed by atoms with Crippen LogP contribution in [0.3, 0.4) is 0 Å². The average molecular weight is 1180 g/mol. The van der Waals surface area contributed by atoms with Gasteiger partial charge in [0.2, 0.25) is 0 Å². The minimum Gasteiger partial charge on any atom is -0.316 e. The zero-order valence-corrected chi connectivity index (χ0v) is 51.3. The largest absolute Gasteiger partial charge is 0.316 e. The Morgan fingerprint density at radius 1 is 0.429 bits per heavy atom. The van der Waals surface area contributed by atoms with Gasteiger partial charge in [-0.25, -0.2) is 0 Å². The second-order valence-electron chi connectivity index (χ2n) is 24.1. The van der Waals surface area contributed by atoms with Gasteiger partial charge in [0.15, 0.2) is 0 Å². The summed E-state index contributed by atoms with van der Waals surface area (Å²) in [6, 6.07) is 99.0. The lowest BCUT2D eigenvalue weighted by atomic mass is 9.66. The molecule has 0 amide bonds. The van der Waals surface area contributed by atoms with Gasteiger partial charge in [-0.15, -0.1) is 11.3 Å². The molecule has 0 unspecified atom stereocenters. The van der Waals surface area contributed by atoms with Crippen LogP contribution >= 0.6 is 11.3 Å². The van der Waals surface area contributed by atoms with Crippen molar-refractivity contribution in [3.8, 4) is 16.8 Å². The monoisotopic (exact) mass is 1180 g/mol. The van der Waals surface area contributed by atoms with Gasteiger partial charge >= 0.3 is 0 Å². The third-order valence-electron chi connectivity index (χ3n) is 19.3. The Hall–Kier alpha value is -11.1. The average Bonchev–Trinajstić information content (AvgIpc) is 2.09. The molecule has 0 atom stereocenters. The summed E-state index contributed by atoms with van der Waals surface area (Å²) in [6.07, 6.45) is 22.4. The van der Waals surface area contributed by atoms with E-state index < -0.39 is 5.41 Å². The quantitative estimate of drug-likeness (QED) is 0.117. The van der Waals surface area contributed by atoms with Gasteiger partial charge in [0.25, 0.3) is 0 Å². The highest BCUT2D eigenvalue weighted by molar-refractivity contribution is 7.25. The first-order chi connectivity index (χ1) is 45.0. The normalized spacial score (nSPS) is 14.2. The van der Waals surface area contributed by atoms with Crippen molar-refractivity contribution in [2.45, 2.75) is 25.2 Å². The molecule has 0 saturated heterocycles. The Bertz CT molecular complexity index is 5380. The van der Waals surface area contributed by atoms with Gasteiger partial charge in [0.1, 0.15) is 0 Å². The molecule has 3 aliphatic rings. The lowest BCUT2D eigenvalue weighted by molar-refractivity contribution is 0.761. The van der Waals surface area contributed by atoms with E-state index in [0.29, 0.717) is 0 Å². The Labute approximate surface area is 535 Å². The van der Waals surface area contributed by atoms with Gasteiger partial charge in [-0.1, -0.05) is 249 Å². The first-order valence-corrected chi connectivity index (χ1v) is 32.5. The maximum atomic E-state index is 4.43. The highest BCUT2D eigenvalue weighted by atomic mass is 32.1. The van der Waals surface area contributed by atoms with Crippen molar-refractivity contribution in [1.82, 2.24) is 4.57 Å². The molecule has 12 aromatic carbocycles. The predicted octanol–water partition coefficient (Wildman–Crippen LogP) is 23.6. The molecule has 3 heteroatoms. The summed E-state index contributed by atoms with van der Waals surface area (Å²) in [6.45, 7) is 6.55. The van der Waals surface area contributed by atoms with Crippen LogP contribution in [0, 0.1) is 0 Å². The van der Waals surface area contributed by atoms with E-state index in [4.69, 9.17) is 0 Å². The van der Waals surface area contributed by atoms with E-state index in [9.17, 15) is 0 Å². The molecule has 0 radical (unpaired) electrons. The number of fused-ring (bicyclic) bond motifs is 13. The van der Waals surface area contributed by atoms with E-state index in [-0.39, 0.29) is 0 Å². The van der Waals surface area contributed by atoms with Gasteiger partial charge < -0.3 is 9.47 Å². The van der Waals surface area contributed by atoms with E-state index >= 15 is 0 Å². The minimum absolute atomic E-state index is 0.588. The fourth-order valence-electron chi connectivity index (χ4n) is 15.2. The second-order valence-corrected chi connectivity index (χ2v) is 25.2. The number of aromatic nitrogens is 1. The van der Waals surface area contributed by atoms with Crippen LogP contribution in [0.4, 0.5) is 17.1 Å². The van der Waals surface area contributed by atoms with Crippen LogP contribution in [0.2, 0.25) is 0 Å². The topological polar surface area (TPSA) is 8.17 Å². The number of thiophene rings is 1. The Morgan fingerprint density at radius 3 is 1.53 bits per heavy atom. The molecule has 2 nitrogen and oxygen atoms in total. The van der Waals surface area contributed by atoms with E-state index in [1.807, 2.05) is 17.4 Å². The van der Waals surface area contributed by atoms with Gasteiger partial charge in [0.05, 0.1) is 5.41 Å². The number of hydrogen-bond donors (Lipinski definition) is 0. The van der Waals surface area contributed by atoms with E-state index in [1.165, 1.54) is 136 Å². The SMILES string of the molecule is C=CC1=C(/C=C\C)C(c2ccccc2)(c2ccccc2)c2cc(N(c3ccccc3)c3ccc(C4=Cc5c6c(n(-c7ccc8c9ccccc9c9ccccc9c8c7)c5CC=C4)CC=CC(c4ccc(-c5ccc7sc8ccccc8c7c5)cc4)=C6)cc3)ccc21. The second kappa shape index (κ2) is 22.2. The fourth-order valence-corrected chi connectivity index (χ4v) is 16.3. The summed E-state index contributed by atoms with van der Waals surface area (Å²) in [5.41, 5.74) is 23.3. The van der Waals surface area contributed by atoms with Crippen LogP contribution in [0.25, 0.3) is 98.2 Å². The third kappa shape index (κ3) is 8.83. The van der Waals surface area contributed by atoms with Gasteiger partial charge in [0, 0.05) is 78.3 Å². The fraction of sp³-hybridized carbons (Fsp3) is 0.0455. The number of allylic oxidation sites excluding steroid dienone is 11. The van der Waals surface area contributed by atoms with E-state index in [1.54, 1.807) is 0 Å². The molecule has 91 heavy (non-hydrogen) atoms. The van der Waals surface area contributed by atoms with Crippen LogP contribution in [-0.4, -0.2) is 4.57 Å². The smallest absolute Gasteiger partial charge is 0.0714 e. The van der Waals surface area contributed by atoms with Gasteiger partial charge in [-0.05, 0) is 185 Å². The first kappa shape index (κ1) is 54.1. The molecule has 0 N–H and O–H groups in total. The molecule has 0 fully saturated rings. The molecule has 17 rings (SSSR count). The summed E-state index contributed by atoms with van der Waals surface area (Å²) in [5.74, 6) is 0. The molecule has 2 aromatic heterocycles. The van der Waals surface area contributed by atoms with Crippen LogP contribution in [0.1, 0.15) is 62.8 Å². The maximum absolute atomic E-state index is 4.43. The number of nitrogens with zero attached hydrogens (tertiary/aromatic N) is 2. The highest BCUT2D eigenvalue weighted by Crippen LogP contribution is 2.57. The van der Waals surface area contributed by atoms with Crippen LogP contribution in [0.15, 0.2) is 322 Å². The highest BCUT2D eigenvalue weighted by Gasteiger charge is 2.46. The van der Waals surface area contributed by atoms with Crippen molar-refractivity contribution in [2.75, 3.05) is 4.90 Å². The molecule has 2 heterocycles. The summed E-state index contributed by atoms with van der Waals surface area (Å²) < 4.78 is 5.24. The van der Waals surface area contributed by atoms with Gasteiger partial charge in [-0.2, -0.15) is 0 Å². The van der Waals surface area contributed by atoms with Crippen LogP contribution in [0.5, 0.6) is 0 Å². The lowest BCUT2D eigenvalue weighted by Crippen LogP contribution is -2.29. The molecule has 14 aromatic rings. The van der Waals surface area contributed by atoms with Crippen molar-refractivity contribution in [1.29, 1.82) is 0 Å².